The van der Waals surface area contributed by atoms with Gasteiger partial charge in [0.15, 0.2) is 5.96 Å². The quantitative estimate of drug-likeness (QED) is 0.471. The van der Waals surface area contributed by atoms with Crippen molar-refractivity contribution >= 4 is 16.9 Å². The molecule has 0 aliphatic carbocycles. The van der Waals surface area contributed by atoms with Gasteiger partial charge >= 0.3 is 0 Å². The summed E-state index contributed by atoms with van der Waals surface area (Å²) in [5.74, 6) is 1.63. The molecule has 1 aromatic carbocycles. The second-order valence-corrected chi connectivity index (χ2v) is 7.07. The molecule has 6 nitrogen and oxygen atoms in total. The zero-order valence-electron chi connectivity index (χ0n) is 17.1. The van der Waals surface area contributed by atoms with Crippen LogP contribution in [0.3, 0.4) is 0 Å². The summed E-state index contributed by atoms with van der Waals surface area (Å²) in [7, 11) is 0. The number of aryl methyl sites for hydroxylation is 5. The topological polar surface area (TPSA) is 78.2 Å². The van der Waals surface area contributed by atoms with Crippen LogP contribution >= 0.6 is 0 Å². The molecule has 0 fully saturated rings. The Hall–Kier alpha value is -2.76. The first-order valence-corrected chi connectivity index (χ1v) is 9.43. The highest BCUT2D eigenvalue weighted by atomic mass is 16.5. The van der Waals surface area contributed by atoms with E-state index in [0.717, 1.165) is 29.5 Å². The number of rotatable bonds is 5. The number of hydrogen-bond acceptors (Lipinski definition) is 3. The Kier molecular flexibility index (Phi) is 5.54. The molecule has 0 atom stereocenters. The third-order valence-electron chi connectivity index (χ3n) is 5.01. The van der Waals surface area contributed by atoms with E-state index < -0.39 is 0 Å². The second kappa shape index (κ2) is 7.86. The Bertz CT molecular complexity index is 961. The van der Waals surface area contributed by atoms with Gasteiger partial charge in [-0.2, -0.15) is 0 Å². The highest BCUT2D eigenvalue weighted by molar-refractivity contribution is 5.88. The number of guanidine groups is 1. The van der Waals surface area contributed by atoms with Gasteiger partial charge in [-0.25, -0.2) is 4.99 Å². The number of aromatic amines is 1. The number of H-pyrrole nitrogens is 1. The molecule has 0 radical (unpaired) electrons. The van der Waals surface area contributed by atoms with Crippen molar-refractivity contribution in [2.75, 3.05) is 6.54 Å². The number of nitrogens with one attached hydrogen (secondary N) is 3. The van der Waals surface area contributed by atoms with E-state index in [1.807, 2.05) is 13.8 Å². The summed E-state index contributed by atoms with van der Waals surface area (Å²) < 4.78 is 5.24. The van der Waals surface area contributed by atoms with Crippen LogP contribution in [0.1, 0.15) is 46.3 Å². The highest BCUT2D eigenvalue weighted by Crippen LogP contribution is 2.26. The molecule has 0 spiro atoms. The van der Waals surface area contributed by atoms with Gasteiger partial charge in [-0.3, -0.25) is 0 Å². The van der Waals surface area contributed by atoms with Crippen molar-refractivity contribution in [3.8, 4) is 0 Å². The number of nitrogens with zero attached hydrogens (tertiary/aromatic N) is 2. The third-order valence-corrected chi connectivity index (χ3v) is 5.01. The zero-order valence-corrected chi connectivity index (χ0v) is 17.1. The molecule has 3 N–H and O–H groups in total. The molecule has 0 bridgehead atoms. The monoisotopic (exact) mass is 367 g/mol. The summed E-state index contributed by atoms with van der Waals surface area (Å²) in [4.78, 5) is 8.31. The molecule has 2 heterocycles. The molecule has 27 heavy (non-hydrogen) atoms. The molecule has 0 aliphatic heterocycles. The first-order valence-electron chi connectivity index (χ1n) is 9.43. The number of benzene rings is 1. The van der Waals surface area contributed by atoms with E-state index in [9.17, 15) is 0 Å². The fourth-order valence-electron chi connectivity index (χ4n) is 3.35. The molecule has 2 aromatic heterocycles. The van der Waals surface area contributed by atoms with E-state index in [1.54, 1.807) is 0 Å². The van der Waals surface area contributed by atoms with Crippen LogP contribution in [0.15, 0.2) is 21.6 Å². The van der Waals surface area contributed by atoms with Crippen LogP contribution in [0, 0.1) is 34.6 Å². The standard InChI is InChI=1S/C21H29N5O/c1-7-22-21(24-11-19-15(5)26-27-16(19)6)23-10-17-8-12(2)9-18-13(3)14(4)25-20(17)18/h8-9,25H,7,10-11H2,1-6H3,(H2,22,23,24). The van der Waals surface area contributed by atoms with Crippen molar-refractivity contribution < 1.29 is 4.52 Å². The molecule has 6 heteroatoms. The van der Waals surface area contributed by atoms with Gasteiger partial charge in [0.25, 0.3) is 0 Å². The van der Waals surface area contributed by atoms with Gasteiger partial charge in [-0.1, -0.05) is 16.8 Å². The van der Waals surface area contributed by atoms with Crippen LogP contribution in [0.4, 0.5) is 0 Å². The van der Waals surface area contributed by atoms with Crippen molar-refractivity contribution in [3.05, 3.63) is 51.5 Å². The minimum atomic E-state index is 0.606. The summed E-state index contributed by atoms with van der Waals surface area (Å²) in [6.07, 6.45) is 0. The van der Waals surface area contributed by atoms with E-state index in [4.69, 9.17) is 9.52 Å². The van der Waals surface area contributed by atoms with Gasteiger partial charge in [0, 0.05) is 29.7 Å². The maximum Gasteiger partial charge on any atom is 0.191 e. The highest BCUT2D eigenvalue weighted by Gasteiger charge is 2.11. The summed E-state index contributed by atoms with van der Waals surface area (Å²) in [6, 6.07) is 4.45. The minimum Gasteiger partial charge on any atom is -0.361 e. The fraction of sp³-hybridized carbons (Fsp3) is 0.429. The first kappa shape index (κ1) is 19.0. The van der Waals surface area contributed by atoms with E-state index in [1.165, 1.54) is 33.3 Å². The van der Waals surface area contributed by atoms with Crippen LogP contribution in [-0.2, 0) is 13.1 Å². The van der Waals surface area contributed by atoms with Gasteiger partial charge in [-0.05, 0) is 58.7 Å². The second-order valence-electron chi connectivity index (χ2n) is 7.07. The average molecular weight is 367 g/mol. The van der Waals surface area contributed by atoms with Crippen LogP contribution in [0.2, 0.25) is 0 Å². The van der Waals surface area contributed by atoms with E-state index >= 15 is 0 Å². The largest absolute Gasteiger partial charge is 0.361 e. The molecule has 3 rings (SSSR count). The molecule has 0 saturated carbocycles. The SMILES string of the molecule is CCNC(=NCc1cc(C)cc2c(C)c(C)[nH]c12)NCc1c(C)noc1C. The molecule has 0 aliphatic rings. The van der Waals surface area contributed by atoms with Gasteiger partial charge in [0.2, 0.25) is 0 Å². The normalized spacial score (nSPS) is 12.0. The molecule has 0 saturated heterocycles. The predicted octanol–water partition coefficient (Wildman–Crippen LogP) is 3.95. The molecule has 0 unspecified atom stereocenters. The summed E-state index contributed by atoms with van der Waals surface area (Å²) in [5.41, 5.74) is 8.15. The molecular formula is C21H29N5O. The Morgan fingerprint density at radius 1 is 1.15 bits per heavy atom. The average Bonchev–Trinajstić information content (AvgIpc) is 3.10. The first-order chi connectivity index (χ1) is 12.9. The van der Waals surface area contributed by atoms with Gasteiger partial charge in [0.1, 0.15) is 5.76 Å². The Labute approximate surface area is 160 Å². The lowest BCUT2D eigenvalue weighted by atomic mass is 10.0. The predicted molar refractivity (Wildman–Crippen MR) is 110 cm³/mol. The lowest BCUT2D eigenvalue weighted by Crippen LogP contribution is -2.37. The summed E-state index contributed by atoms with van der Waals surface area (Å²) in [6.45, 7) is 14.4. The van der Waals surface area contributed by atoms with Crippen molar-refractivity contribution in [3.63, 3.8) is 0 Å². The maximum absolute atomic E-state index is 5.24. The van der Waals surface area contributed by atoms with Crippen molar-refractivity contribution in [2.45, 2.75) is 54.6 Å². The third kappa shape index (κ3) is 3.99. The lowest BCUT2D eigenvalue weighted by Gasteiger charge is -2.11. The Morgan fingerprint density at radius 3 is 2.59 bits per heavy atom. The fourth-order valence-corrected chi connectivity index (χ4v) is 3.35. The van der Waals surface area contributed by atoms with Crippen molar-refractivity contribution in [2.24, 2.45) is 4.99 Å². The van der Waals surface area contributed by atoms with E-state index in [0.29, 0.717) is 13.1 Å². The number of aliphatic imine (C=N–C) groups is 1. The molecule has 0 amide bonds. The smallest absolute Gasteiger partial charge is 0.191 e. The summed E-state index contributed by atoms with van der Waals surface area (Å²) in [5, 5.41) is 12.0. The van der Waals surface area contributed by atoms with Crippen molar-refractivity contribution in [1.29, 1.82) is 0 Å². The zero-order chi connectivity index (χ0) is 19.6. The number of aromatic nitrogens is 2. The Morgan fingerprint density at radius 2 is 1.93 bits per heavy atom. The maximum atomic E-state index is 5.24. The number of hydrogen-bond donors (Lipinski definition) is 3. The lowest BCUT2D eigenvalue weighted by molar-refractivity contribution is 0.392. The van der Waals surface area contributed by atoms with Crippen LogP contribution < -0.4 is 10.6 Å². The van der Waals surface area contributed by atoms with E-state index in [2.05, 4.69) is 60.6 Å². The Balaban J connectivity index is 1.83. The minimum absolute atomic E-state index is 0.606. The van der Waals surface area contributed by atoms with Gasteiger partial charge in [-0.15, -0.1) is 0 Å². The summed E-state index contributed by atoms with van der Waals surface area (Å²) >= 11 is 0. The van der Waals surface area contributed by atoms with Crippen LogP contribution in [0.25, 0.3) is 10.9 Å². The van der Waals surface area contributed by atoms with Gasteiger partial charge in [0.05, 0.1) is 17.8 Å². The molecule has 144 valence electrons. The van der Waals surface area contributed by atoms with Gasteiger partial charge < -0.3 is 20.1 Å². The molecule has 3 aromatic rings. The molecular weight excluding hydrogens is 338 g/mol. The number of fused-ring (bicyclic) bond motifs is 1. The van der Waals surface area contributed by atoms with Crippen molar-refractivity contribution in [1.82, 2.24) is 20.8 Å². The van der Waals surface area contributed by atoms with Crippen LogP contribution in [-0.4, -0.2) is 22.6 Å². The van der Waals surface area contributed by atoms with E-state index in [-0.39, 0.29) is 0 Å². The van der Waals surface area contributed by atoms with Crippen LogP contribution in [0.5, 0.6) is 0 Å².